The van der Waals surface area contributed by atoms with Crippen LogP contribution in [0.1, 0.15) is 19.2 Å². The van der Waals surface area contributed by atoms with Gasteiger partial charge in [0.25, 0.3) is 0 Å². The molecule has 6 heteroatoms. The third-order valence-corrected chi connectivity index (χ3v) is 4.46. The maximum atomic E-state index is 11.8. The Hall–Kier alpha value is -2.79. The fraction of sp³-hybridized carbons (Fsp3) is 0.238. The number of nitrogens with one attached hydrogen (secondary N) is 1. The maximum absolute atomic E-state index is 11.8. The van der Waals surface area contributed by atoms with Crippen LogP contribution in [0.4, 0.5) is 0 Å². The molecule has 0 saturated heterocycles. The van der Waals surface area contributed by atoms with Crippen molar-refractivity contribution in [3.8, 4) is 5.75 Å². The number of nitrogens with zero attached hydrogens (tertiary/aromatic N) is 2. The number of para-hydroxylation sites is 3. The Labute approximate surface area is 163 Å². The van der Waals surface area contributed by atoms with Gasteiger partial charge in [0, 0.05) is 12.1 Å². The van der Waals surface area contributed by atoms with E-state index in [1.807, 2.05) is 48.5 Å². The summed E-state index contributed by atoms with van der Waals surface area (Å²) in [6, 6.07) is 15.4. The zero-order valence-electron chi connectivity index (χ0n) is 15.2. The molecule has 0 radical (unpaired) electrons. The monoisotopic (exact) mass is 383 g/mol. The first-order chi connectivity index (χ1) is 13.1. The number of aryl methyl sites for hydroxylation is 1. The predicted molar refractivity (Wildman–Crippen MR) is 108 cm³/mol. The van der Waals surface area contributed by atoms with E-state index in [-0.39, 0.29) is 5.91 Å². The number of amides is 1. The summed E-state index contributed by atoms with van der Waals surface area (Å²) in [5.74, 6) is 1.32. The molecule has 0 saturated carbocycles. The first-order valence-electron chi connectivity index (χ1n) is 8.81. The van der Waals surface area contributed by atoms with E-state index in [1.54, 1.807) is 6.92 Å². The van der Waals surface area contributed by atoms with E-state index < -0.39 is 0 Å². The van der Waals surface area contributed by atoms with Crippen LogP contribution in [0.2, 0.25) is 5.02 Å². The predicted octanol–water partition coefficient (Wildman–Crippen LogP) is 4.35. The van der Waals surface area contributed by atoms with Crippen LogP contribution in [0.5, 0.6) is 5.75 Å². The minimum Gasteiger partial charge on any atom is -0.492 e. The third kappa shape index (κ3) is 4.68. The quantitative estimate of drug-likeness (QED) is 0.464. The molecule has 3 rings (SSSR count). The van der Waals surface area contributed by atoms with Gasteiger partial charge in [-0.15, -0.1) is 0 Å². The minimum atomic E-state index is -0.171. The molecule has 5 nitrogen and oxygen atoms in total. The van der Waals surface area contributed by atoms with Gasteiger partial charge in [-0.25, -0.2) is 4.98 Å². The van der Waals surface area contributed by atoms with Crippen molar-refractivity contribution in [3.05, 3.63) is 71.5 Å². The number of hydrogen-bond acceptors (Lipinski definition) is 3. The Kier molecular flexibility index (Phi) is 6.14. The topological polar surface area (TPSA) is 56.2 Å². The lowest BCUT2D eigenvalue weighted by Crippen LogP contribution is -2.25. The van der Waals surface area contributed by atoms with Gasteiger partial charge >= 0.3 is 0 Å². The van der Waals surface area contributed by atoms with Crippen molar-refractivity contribution in [3.63, 3.8) is 0 Å². The van der Waals surface area contributed by atoms with E-state index in [2.05, 4.69) is 21.4 Å². The molecule has 1 aromatic heterocycles. The third-order valence-electron chi connectivity index (χ3n) is 4.15. The number of rotatable bonds is 8. The highest BCUT2D eigenvalue weighted by Crippen LogP contribution is 2.23. The largest absolute Gasteiger partial charge is 0.492 e. The van der Waals surface area contributed by atoms with Gasteiger partial charge in [-0.3, -0.25) is 4.79 Å². The van der Waals surface area contributed by atoms with Crippen LogP contribution in [0, 0.1) is 0 Å². The van der Waals surface area contributed by atoms with Crippen molar-refractivity contribution in [1.82, 2.24) is 14.9 Å². The van der Waals surface area contributed by atoms with Crippen LogP contribution in [0.3, 0.4) is 0 Å². The summed E-state index contributed by atoms with van der Waals surface area (Å²) in [6.45, 7) is 6.96. The fourth-order valence-corrected chi connectivity index (χ4v) is 2.98. The lowest BCUT2D eigenvalue weighted by molar-refractivity contribution is -0.117. The molecule has 0 fully saturated rings. The molecule has 0 unspecified atom stereocenters. The Morgan fingerprint density at radius 1 is 1.22 bits per heavy atom. The van der Waals surface area contributed by atoms with E-state index >= 15 is 0 Å². The van der Waals surface area contributed by atoms with Crippen LogP contribution in [-0.4, -0.2) is 22.1 Å². The summed E-state index contributed by atoms with van der Waals surface area (Å²) in [6.07, 6.45) is 0.785. The highest BCUT2D eigenvalue weighted by molar-refractivity contribution is 6.32. The lowest BCUT2D eigenvalue weighted by atomic mass is 10.3. The Morgan fingerprint density at radius 3 is 2.74 bits per heavy atom. The summed E-state index contributed by atoms with van der Waals surface area (Å²) in [5.41, 5.74) is 2.42. The SMILES string of the molecule is C=C(C)C(=O)NCc1nc2ccccc2n1CCCOc1ccccc1Cl. The van der Waals surface area contributed by atoms with Gasteiger partial charge in [-0.2, -0.15) is 0 Å². The molecule has 0 spiro atoms. The molecular weight excluding hydrogens is 362 g/mol. The van der Waals surface area contributed by atoms with Crippen LogP contribution in [-0.2, 0) is 17.9 Å². The van der Waals surface area contributed by atoms with Gasteiger partial charge < -0.3 is 14.6 Å². The summed E-state index contributed by atoms with van der Waals surface area (Å²) in [4.78, 5) is 16.5. The summed E-state index contributed by atoms with van der Waals surface area (Å²) in [5, 5.41) is 3.46. The zero-order chi connectivity index (χ0) is 19.2. The lowest BCUT2D eigenvalue weighted by Gasteiger charge is -2.11. The molecule has 0 atom stereocenters. The van der Waals surface area contributed by atoms with Crippen molar-refractivity contribution in [2.75, 3.05) is 6.61 Å². The summed E-state index contributed by atoms with van der Waals surface area (Å²) >= 11 is 6.11. The first kappa shape index (κ1) is 19.0. The van der Waals surface area contributed by atoms with Gasteiger partial charge in [-0.05, 0) is 37.6 Å². The zero-order valence-corrected chi connectivity index (χ0v) is 16.0. The van der Waals surface area contributed by atoms with Crippen LogP contribution < -0.4 is 10.1 Å². The van der Waals surface area contributed by atoms with Gasteiger partial charge in [0.2, 0.25) is 5.91 Å². The maximum Gasteiger partial charge on any atom is 0.246 e. The molecule has 0 aliphatic carbocycles. The molecule has 1 N–H and O–H groups in total. The second kappa shape index (κ2) is 8.73. The molecule has 1 heterocycles. The van der Waals surface area contributed by atoms with Crippen LogP contribution in [0.15, 0.2) is 60.7 Å². The Balaban J connectivity index is 1.68. The normalized spacial score (nSPS) is 10.7. The molecule has 0 bridgehead atoms. The number of carbonyl (C=O) groups is 1. The van der Waals surface area contributed by atoms with Crippen molar-refractivity contribution in [2.24, 2.45) is 0 Å². The van der Waals surface area contributed by atoms with Gasteiger partial charge in [-0.1, -0.05) is 42.4 Å². The van der Waals surface area contributed by atoms with Crippen molar-refractivity contribution in [2.45, 2.75) is 26.4 Å². The van der Waals surface area contributed by atoms with Gasteiger partial charge in [0.1, 0.15) is 11.6 Å². The standard InChI is InChI=1S/C21H22ClN3O2/c1-15(2)21(26)23-14-20-24-17-9-4-5-10-18(17)25(20)12-7-13-27-19-11-6-3-8-16(19)22/h3-6,8-11H,1,7,12-14H2,2H3,(H,23,26). The van der Waals surface area contributed by atoms with Gasteiger partial charge in [0.15, 0.2) is 0 Å². The van der Waals surface area contributed by atoms with E-state index in [9.17, 15) is 4.79 Å². The smallest absolute Gasteiger partial charge is 0.246 e. The number of aromatic nitrogens is 2. The highest BCUT2D eigenvalue weighted by atomic mass is 35.5. The number of carbonyl (C=O) groups excluding carboxylic acids is 1. The number of hydrogen-bond donors (Lipinski definition) is 1. The molecule has 140 valence electrons. The molecule has 3 aromatic rings. The van der Waals surface area contributed by atoms with E-state index in [0.29, 0.717) is 29.5 Å². The van der Waals surface area contributed by atoms with Crippen molar-refractivity contribution >= 4 is 28.5 Å². The number of halogens is 1. The molecule has 0 aliphatic heterocycles. The molecular formula is C21H22ClN3O2. The second-order valence-electron chi connectivity index (χ2n) is 6.26. The average molecular weight is 384 g/mol. The van der Waals surface area contributed by atoms with Crippen LogP contribution in [0.25, 0.3) is 11.0 Å². The average Bonchev–Trinajstić information content (AvgIpc) is 3.02. The van der Waals surface area contributed by atoms with Crippen molar-refractivity contribution in [1.29, 1.82) is 0 Å². The summed E-state index contributed by atoms with van der Waals surface area (Å²) in [7, 11) is 0. The van der Waals surface area contributed by atoms with E-state index in [4.69, 9.17) is 16.3 Å². The minimum absolute atomic E-state index is 0.171. The molecule has 1 amide bonds. The summed E-state index contributed by atoms with van der Waals surface area (Å²) < 4.78 is 7.88. The van der Waals surface area contributed by atoms with E-state index in [1.165, 1.54) is 0 Å². The fourth-order valence-electron chi connectivity index (χ4n) is 2.79. The molecule has 2 aromatic carbocycles. The second-order valence-corrected chi connectivity index (χ2v) is 6.67. The Bertz CT molecular complexity index is 965. The first-order valence-corrected chi connectivity index (χ1v) is 9.19. The number of fused-ring (bicyclic) bond motifs is 1. The molecule has 27 heavy (non-hydrogen) atoms. The number of imidazole rings is 1. The van der Waals surface area contributed by atoms with E-state index in [0.717, 1.165) is 29.8 Å². The molecule has 0 aliphatic rings. The highest BCUT2D eigenvalue weighted by Gasteiger charge is 2.12. The number of benzene rings is 2. The van der Waals surface area contributed by atoms with Crippen LogP contribution >= 0.6 is 11.6 Å². The van der Waals surface area contributed by atoms with Gasteiger partial charge in [0.05, 0.1) is 29.2 Å². The Morgan fingerprint density at radius 2 is 1.96 bits per heavy atom. The number of ether oxygens (including phenoxy) is 1. The van der Waals surface area contributed by atoms with Crippen molar-refractivity contribution < 1.29 is 9.53 Å².